The molecule has 17 rings (SSSR count). The van der Waals surface area contributed by atoms with Crippen LogP contribution in [0, 0.1) is 51.0 Å². The molecule has 0 radical (unpaired) electrons. The van der Waals surface area contributed by atoms with Gasteiger partial charge < -0.3 is 28.7 Å². The summed E-state index contributed by atoms with van der Waals surface area (Å²) in [6, 6.07) is 59.4. The van der Waals surface area contributed by atoms with E-state index in [0.717, 1.165) is 126 Å². The van der Waals surface area contributed by atoms with Gasteiger partial charge in [-0.3, -0.25) is 19.1 Å². The number of ketones is 1. The lowest BCUT2D eigenvalue weighted by Gasteiger charge is -2.20. The molecule has 10 aromatic carbocycles. The Morgan fingerprint density at radius 1 is 0.571 bits per heavy atom. The van der Waals surface area contributed by atoms with Crippen LogP contribution in [-0.4, -0.2) is 113 Å². The lowest BCUT2D eigenvalue weighted by atomic mass is 9.85. The third-order valence-corrected chi connectivity index (χ3v) is 28.3. The number of fused-ring (bicyclic) bond motifs is 1. The van der Waals surface area contributed by atoms with Gasteiger partial charge in [-0.2, -0.15) is 4.31 Å². The van der Waals surface area contributed by atoms with Gasteiger partial charge in [-0.25, -0.2) is 74.6 Å². The van der Waals surface area contributed by atoms with Crippen LogP contribution in [0.1, 0.15) is 151 Å². The highest BCUT2D eigenvalue weighted by Crippen LogP contribution is 2.44. The summed E-state index contributed by atoms with van der Waals surface area (Å²) in [5.41, 5.74) is 14.7. The Kier molecular flexibility index (Phi) is 31.8. The van der Waals surface area contributed by atoms with E-state index in [2.05, 4.69) is 46.2 Å². The van der Waals surface area contributed by atoms with Crippen molar-refractivity contribution in [2.75, 3.05) is 48.5 Å². The summed E-state index contributed by atoms with van der Waals surface area (Å²) >= 11 is 0. The number of esters is 1. The quantitative estimate of drug-likeness (QED) is 0.0332. The average molecular weight is 1910 g/mol. The summed E-state index contributed by atoms with van der Waals surface area (Å²) in [6.45, 7) is 10.6. The molecule has 2 fully saturated rings. The van der Waals surface area contributed by atoms with Gasteiger partial charge in [-0.1, -0.05) is 141 Å². The topological polar surface area (TPSA) is 370 Å². The first-order valence-corrected chi connectivity index (χ1v) is 50.9. The highest BCUT2D eigenvalue weighted by Gasteiger charge is 2.34. The zero-order valence-electron chi connectivity index (χ0n) is 73.8. The number of rotatable bonds is 19. The first kappa shape index (κ1) is 99.0. The number of aromatic nitrogens is 1. The lowest BCUT2D eigenvalue weighted by Crippen LogP contribution is -2.24. The Labute approximate surface area is 769 Å². The van der Waals surface area contributed by atoms with E-state index >= 15 is 0 Å². The molecule has 4 heterocycles. The fourth-order valence-corrected chi connectivity index (χ4v) is 20.0. The molecular formula is C100H97F4N5O19S5. The summed E-state index contributed by atoms with van der Waals surface area (Å²) < 4.78 is 196. The Morgan fingerprint density at radius 3 is 1.66 bits per heavy atom. The van der Waals surface area contributed by atoms with E-state index in [-0.39, 0.29) is 79.8 Å². The van der Waals surface area contributed by atoms with Gasteiger partial charge in [0.05, 0.1) is 43.3 Å². The molecule has 33 heteroatoms. The van der Waals surface area contributed by atoms with Crippen LogP contribution in [0.15, 0.2) is 258 Å². The number of amides is 1. The molecule has 0 spiro atoms. The van der Waals surface area contributed by atoms with Crippen LogP contribution in [0.3, 0.4) is 0 Å². The fraction of sp³-hybridized carbons (Fsp3) is 0.230. The number of nitrogens with zero attached hydrogens (tertiary/aromatic N) is 2. The first-order chi connectivity index (χ1) is 63.0. The molecule has 0 unspecified atom stereocenters. The van der Waals surface area contributed by atoms with Crippen molar-refractivity contribution >= 4 is 130 Å². The molecule has 12 aromatic rings. The molecule has 24 nitrogen and oxygen atoms in total. The molecular weight excluding hydrogens is 1810 g/mol. The maximum absolute atomic E-state index is 14.1. The number of hydrogen-bond donors (Lipinski definition) is 4. The minimum absolute atomic E-state index is 0.0398. The number of Topliss-reactive ketones (excluding diaryl/α,β-unsaturated/α-hetero) is 1. The van der Waals surface area contributed by atoms with Gasteiger partial charge in [0.25, 0.3) is 0 Å². The molecule has 2 aliphatic heterocycles. The fourth-order valence-electron chi connectivity index (χ4n) is 16.0. The summed E-state index contributed by atoms with van der Waals surface area (Å²) in [7, 11) is -17.5. The second kappa shape index (κ2) is 42.7. The summed E-state index contributed by atoms with van der Waals surface area (Å²) in [4.78, 5) is 52.1. The number of hydrogen-bond acceptors (Lipinski definition) is 20. The number of para-hydroxylation sites is 1. The Morgan fingerprint density at radius 2 is 1.12 bits per heavy atom. The minimum atomic E-state index is -4.08. The number of cyclic esters (lactones) is 1. The number of carbonyl (C=O) groups excluding carboxylic acids is 3. The molecule has 3 aliphatic carbocycles. The SMILES string of the molecule is CCN1CC/C(=C\c2cc(C)c(O)c(C)c2)S1(=O)=O.CS(=O)(=O)Nc1cc2occ(NC=O)c(=O)c2cc1Oc1ccccc1.CS(=O)(=O)c1ccc(C2=C(c3cc(F)cc(F)c3)C(=O)CC2)cc1.CS(=O)(=O)c1ccc(C2=C(c3ccccc3)C(=O)OC2)cc1.Cc1ccc(C2=C(c3ccc(F)cc3)CCC2)cc1.Cc1nc(C2CCCCC2)c(-c2ccc(S(N)(=O)=O)c(F)c2)o1. The number of phenols is 1. The van der Waals surface area contributed by atoms with Gasteiger partial charge in [-0.05, 0) is 236 Å². The van der Waals surface area contributed by atoms with Gasteiger partial charge in [0.15, 0.2) is 42.9 Å². The van der Waals surface area contributed by atoms with E-state index in [4.69, 9.17) is 23.4 Å². The smallest absolute Gasteiger partial charge is 0.339 e. The van der Waals surface area contributed by atoms with E-state index in [1.165, 1.54) is 82.1 Å². The number of aromatic hydroxyl groups is 1. The molecule has 694 valence electrons. The van der Waals surface area contributed by atoms with Gasteiger partial charge in [-0.15, -0.1) is 0 Å². The van der Waals surface area contributed by atoms with Crippen molar-refractivity contribution in [1.82, 2.24) is 9.29 Å². The zero-order chi connectivity index (χ0) is 96.0. The average Bonchev–Trinajstić information content (AvgIpc) is 1.76. The molecule has 0 atom stereocenters. The summed E-state index contributed by atoms with van der Waals surface area (Å²) in [6.07, 6.45) is 16.7. The number of sulfonamides is 3. The predicted octanol–water partition coefficient (Wildman–Crippen LogP) is 19.8. The molecule has 2 aromatic heterocycles. The minimum Gasteiger partial charge on any atom is -0.507 e. The maximum atomic E-state index is 14.1. The van der Waals surface area contributed by atoms with Crippen LogP contribution in [0.25, 0.3) is 61.8 Å². The molecule has 1 saturated heterocycles. The summed E-state index contributed by atoms with van der Waals surface area (Å²) in [5, 5.41) is 17.1. The third kappa shape index (κ3) is 25.2. The zero-order valence-corrected chi connectivity index (χ0v) is 77.9. The van der Waals surface area contributed by atoms with Gasteiger partial charge >= 0.3 is 5.97 Å². The number of oxazole rings is 1. The number of benzene rings is 10. The van der Waals surface area contributed by atoms with Crippen molar-refractivity contribution in [3.8, 4) is 28.6 Å². The van der Waals surface area contributed by atoms with E-state index in [1.54, 1.807) is 104 Å². The molecule has 5 N–H and O–H groups in total. The molecule has 1 saturated carbocycles. The number of nitrogens with one attached hydrogen (secondary N) is 2. The standard InChI is InChI=1S/C18H14F2O3S.C18H17F.C17H14N2O6S.C17H14O4S.C16H19FN2O3S.C14H19NO3S/c1-24(22,23)15-4-2-11(3-5-15)16-6-7-17(21)18(16)12-8-13(19)10-14(20)9-12;1-13-5-7-14(8-6-13)17-3-2-4-18(17)15-9-11-16(19)12-10-15;1-26(22,23)19-13-8-15-12(17(21)14(9-24-15)18-10-20)7-16(13)25-11-5-3-2-4-6-11;1-22(19,20)14-9-7-12(8-10-14)15-11-21-17(18)16(15)13-5-3-2-4-6-13;1-10-19-15(11-5-3-2-4-6-11)16(22-10)12-7-8-14(13(17)9-12)23(18,20)21;1-4-15-6-5-13(19(15,17)18)9-12-7-10(2)14(16)11(3)8-12/h2-5,8-10H,6-7H2,1H3;5-12H,2-4H2,1H3;2-10,19H,1H3,(H,18,20);2-10H,11H2,1H3;7-9,11H,2-6H2,1H3,(H2,18,20,21);7-9,16H,4-6H2,1-3H3/b;;;;;13-9+. The molecule has 5 aliphatic rings. The lowest BCUT2D eigenvalue weighted by molar-refractivity contribution is -0.133. The largest absolute Gasteiger partial charge is 0.507 e. The number of primary sulfonamides is 1. The Hall–Kier alpha value is -13.0. The van der Waals surface area contributed by atoms with E-state index in [0.29, 0.717) is 88.4 Å². The monoisotopic (exact) mass is 1910 g/mol. The van der Waals surface area contributed by atoms with Crippen LogP contribution >= 0.6 is 0 Å². The van der Waals surface area contributed by atoms with Crippen molar-refractivity contribution in [3.05, 3.63) is 330 Å². The number of allylic oxidation sites excluding steroid dienone is 4. The molecule has 0 bridgehead atoms. The molecule has 1 amide bonds. The van der Waals surface area contributed by atoms with Crippen molar-refractivity contribution in [2.45, 2.75) is 126 Å². The van der Waals surface area contributed by atoms with Crippen LogP contribution in [0.4, 0.5) is 28.9 Å². The highest BCUT2D eigenvalue weighted by atomic mass is 32.2. The third-order valence-electron chi connectivity index (χ3n) is 22.4. The van der Waals surface area contributed by atoms with Gasteiger partial charge in [0.1, 0.15) is 63.8 Å². The Balaban J connectivity index is 0.000000144. The van der Waals surface area contributed by atoms with E-state index in [1.807, 2.05) is 63.2 Å². The van der Waals surface area contributed by atoms with Crippen LogP contribution < -0.4 is 25.3 Å². The number of carbonyl (C=O) groups is 3. The van der Waals surface area contributed by atoms with E-state index < -0.39 is 77.5 Å². The number of nitrogens with two attached hydrogens (primary N) is 1. The number of sulfone groups is 2. The van der Waals surface area contributed by atoms with E-state index in [9.17, 15) is 83.9 Å². The number of halogens is 4. The number of phenolic OH excluding ortho intramolecular Hbond substituents is 1. The van der Waals surface area contributed by atoms with Crippen LogP contribution in [0.2, 0.25) is 0 Å². The Bertz CT molecular complexity index is 7110. The highest BCUT2D eigenvalue weighted by molar-refractivity contribution is 7.93. The van der Waals surface area contributed by atoms with Crippen molar-refractivity contribution < 1.29 is 97.4 Å². The van der Waals surface area contributed by atoms with Crippen LogP contribution in [0.5, 0.6) is 17.2 Å². The summed E-state index contributed by atoms with van der Waals surface area (Å²) in [5.74, 6) is -0.884. The second-order valence-corrected chi connectivity index (χ2v) is 41.5. The normalized spacial score (nSPS) is 15.5. The number of anilines is 2. The van der Waals surface area contributed by atoms with Crippen molar-refractivity contribution in [3.63, 3.8) is 0 Å². The van der Waals surface area contributed by atoms with Gasteiger partial charge in [0, 0.05) is 73.7 Å². The molecule has 133 heavy (non-hydrogen) atoms. The second-order valence-electron chi connectivity index (χ2n) is 32.2. The number of ether oxygens (including phenoxy) is 2. The predicted molar refractivity (Wildman–Crippen MR) is 506 cm³/mol. The van der Waals surface area contributed by atoms with Gasteiger partial charge in [0.2, 0.25) is 41.9 Å². The van der Waals surface area contributed by atoms with Crippen molar-refractivity contribution in [1.29, 1.82) is 0 Å². The van der Waals surface area contributed by atoms with Crippen LogP contribution in [-0.2, 0) is 68.9 Å². The van der Waals surface area contributed by atoms with Crippen molar-refractivity contribution in [2.24, 2.45) is 5.14 Å². The first-order valence-electron chi connectivity index (χ1n) is 42.2. The maximum Gasteiger partial charge on any atom is 0.339 e. The number of aryl methyl sites for hydroxylation is 4.